The minimum atomic E-state index is 0.185. The van der Waals surface area contributed by atoms with Crippen LogP contribution in [0.15, 0.2) is 48.2 Å². The Labute approximate surface area is 170 Å². The monoisotopic (exact) mass is 394 g/mol. The van der Waals surface area contributed by atoms with E-state index in [0.717, 1.165) is 56.5 Å². The van der Waals surface area contributed by atoms with Crippen LogP contribution in [0, 0.1) is 5.92 Å². The van der Waals surface area contributed by atoms with Gasteiger partial charge in [-0.1, -0.05) is 12.1 Å². The van der Waals surface area contributed by atoms with Crippen LogP contribution in [0.2, 0.25) is 0 Å². The summed E-state index contributed by atoms with van der Waals surface area (Å²) in [7, 11) is 2.05. The molecule has 1 aromatic carbocycles. The first-order valence-corrected chi connectivity index (χ1v) is 10.8. The van der Waals surface area contributed by atoms with Gasteiger partial charge in [-0.3, -0.25) is 9.78 Å². The maximum atomic E-state index is 12.8. The second-order valence-electron chi connectivity index (χ2n) is 7.45. The molecule has 1 aliphatic rings. The van der Waals surface area contributed by atoms with Crippen LogP contribution in [0.25, 0.3) is 10.2 Å². The number of aryl methyl sites for hydroxylation is 1. The van der Waals surface area contributed by atoms with Crippen LogP contribution >= 0.6 is 11.3 Å². The highest BCUT2D eigenvalue weighted by molar-refractivity contribution is 7.16. The number of carbonyl (C=O) groups excluding carboxylic acids is 1. The van der Waals surface area contributed by atoms with Crippen LogP contribution in [0.4, 0.5) is 5.69 Å². The minimum Gasteiger partial charge on any atom is -0.372 e. The fourth-order valence-corrected chi connectivity index (χ4v) is 4.79. The molecule has 3 aromatic rings. The van der Waals surface area contributed by atoms with E-state index in [4.69, 9.17) is 0 Å². The van der Waals surface area contributed by atoms with Crippen molar-refractivity contribution in [3.05, 3.63) is 53.8 Å². The summed E-state index contributed by atoms with van der Waals surface area (Å²) in [6.07, 6.45) is 7.67. The number of rotatable bonds is 8. The summed E-state index contributed by atoms with van der Waals surface area (Å²) >= 11 is 1.71. The highest BCUT2D eigenvalue weighted by atomic mass is 32.1. The summed E-state index contributed by atoms with van der Waals surface area (Å²) in [6.45, 7) is 2.49. The van der Waals surface area contributed by atoms with Gasteiger partial charge in [0.1, 0.15) is 0 Å². The summed E-state index contributed by atoms with van der Waals surface area (Å²) < 4.78 is 1.29. The van der Waals surface area contributed by atoms with Crippen molar-refractivity contribution in [2.24, 2.45) is 5.92 Å². The number of hydrogen-bond donors (Lipinski definition) is 0. The molecule has 0 radical (unpaired) electrons. The number of aromatic nitrogens is 2. The third kappa shape index (κ3) is 4.17. The van der Waals surface area contributed by atoms with E-state index in [1.165, 1.54) is 10.3 Å². The zero-order valence-electron chi connectivity index (χ0n) is 16.3. The molecule has 1 fully saturated rings. The molecule has 0 aliphatic carbocycles. The SMILES string of the molecule is CN(CCN1CC[C@H](CCCc2cccc3ncsc23)C1=O)c1cccnc1. The maximum absolute atomic E-state index is 12.8. The van der Waals surface area contributed by atoms with Gasteiger partial charge in [0, 0.05) is 38.8 Å². The molecule has 0 bridgehead atoms. The van der Waals surface area contributed by atoms with Gasteiger partial charge in [0.05, 0.1) is 27.6 Å². The molecule has 6 heteroatoms. The van der Waals surface area contributed by atoms with Crippen molar-refractivity contribution in [3.63, 3.8) is 0 Å². The molecule has 3 heterocycles. The van der Waals surface area contributed by atoms with E-state index in [2.05, 4.69) is 40.1 Å². The first kappa shape index (κ1) is 18.9. The first-order chi connectivity index (χ1) is 13.7. The van der Waals surface area contributed by atoms with E-state index in [9.17, 15) is 4.79 Å². The van der Waals surface area contributed by atoms with Crippen molar-refractivity contribution in [1.29, 1.82) is 0 Å². The van der Waals surface area contributed by atoms with E-state index < -0.39 is 0 Å². The van der Waals surface area contributed by atoms with E-state index in [1.807, 2.05) is 28.7 Å². The van der Waals surface area contributed by atoms with Crippen LogP contribution < -0.4 is 4.90 Å². The molecule has 1 saturated heterocycles. The number of thiazole rings is 1. The van der Waals surface area contributed by atoms with E-state index in [1.54, 1.807) is 17.5 Å². The molecule has 0 unspecified atom stereocenters. The third-order valence-corrected chi connectivity index (χ3v) is 6.56. The summed E-state index contributed by atoms with van der Waals surface area (Å²) in [4.78, 5) is 25.5. The number of likely N-dealkylation sites (N-methyl/N-ethyl adjacent to an activating group) is 1. The normalized spacial score (nSPS) is 16.8. The lowest BCUT2D eigenvalue weighted by molar-refractivity contribution is -0.131. The molecule has 0 spiro atoms. The number of benzene rings is 1. The number of nitrogens with zero attached hydrogens (tertiary/aromatic N) is 4. The average Bonchev–Trinajstić information content (AvgIpc) is 3.34. The Morgan fingerprint density at radius 2 is 2.21 bits per heavy atom. The van der Waals surface area contributed by atoms with E-state index in [0.29, 0.717) is 5.91 Å². The molecule has 2 aromatic heterocycles. The van der Waals surface area contributed by atoms with Crippen molar-refractivity contribution >= 4 is 33.1 Å². The molecule has 1 amide bonds. The van der Waals surface area contributed by atoms with Gasteiger partial charge in [-0.15, -0.1) is 11.3 Å². The van der Waals surface area contributed by atoms with Gasteiger partial charge in [0.2, 0.25) is 5.91 Å². The lowest BCUT2D eigenvalue weighted by Gasteiger charge is -2.23. The van der Waals surface area contributed by atoms with Crippen molar-refractivity contribution in [3.8, 4) is 0 Å². The van der Waals surface area contributed by atoms with Crippen LogP contribution in [0.5, 0.6) is 0 Å². The first-order valence-electron chi connectivity index (χ1n) is 9.93. The molecular formula is C22H26N4OS. The van der Waals surface area contributed by atoms with E-state index in [-0.39, 0.29) is 5.92 Å². The number of fused-ring (bicyclic) bond motifs is 1. The topological polar surface area (TPSA) is 49.3 Å². The summed E-state index contributed by atoms with van der Waals surface area (Å²) in [5.74, 6) is 0.514. The van der Waals surface area contributed by atoms with Crippen molar-refractivity contribution in [2.45, 2.75) is 25.7 Å². The van der Waals surface area contributed by atoms with Crippen LogP contribution in [0.1, 0.15) is 24.8 Å². The average molecular weight is 395 g/mol. The zero-order valence-corrected chi connectivity index (χ0v) is 17.1. The van der Waals surface area contributed by atoms with Gasteiger partial charge in [-0.2, -0.15) is 0 Å². The minimum absolute atomic E-state index is 0.185. The predicted octanol–water partition coefficient (Wildman–Crippen LogP) is 4.00. The largest absolute Gasteiger partial charge is 0.372 e. The Morgan fingerprint density at radius 3 is 3.07 bits per heavy atom. The maximum Gasteiger partial charge on any atom is 0.225 e. The van der Waals surface area contributed by atoms with Crippen molar-refractivity contribution < 1.29 is 4.79 Å². The lowest BCUT2D eigenvalue weighted by atomic mass is 9.98. The molecular weight excluding hydrogens is 368 g/mol. The number of carbonyl (C=O) groups is 1. The number of likely N-dealkylation sites (tertiary alicyclic amines) is 1. The molecule has 1 aliphatic heterocycles. The molecule has 0 saturated carbocycles. The van der Waals surface area contributed by atoms with Gasteiger partial charge in [-0.25, -0.2) is 4.98 Å². The smallest absolute Gasteiger partial charge is 0.225 e. The quantitative estimate of drug-likeness (QED) is 0.579. The fraction of sp³-hybridized carbons (Fsp3) is 0.409. The Kier molecular flexibility index (Phi) is 5.86. The molecule has 1 atom stereocenters. The third-order valence-electron chi connectivity index (χ3n) is 5.64. The molecule has 28 heavy (non-hydrogen) atoms. The summed E-state index contributed by atoms with van der Waals surface area (Å²) in [6, 6.07) is 10.3. The summed E-state index contributed by atoms with van der Waals surface area (Å²) in [5, 5.41) is 0. The number of pyridine rings is 1. The standard InChI is InChI=1S/C22H26N4OS/c1-25(19-8-4-11-23-15-19)13-14-26-12-10-18(22(26)27)7-2-5-17-6-3-9-20-21(17)28-16-24-20/h3-4,6,8-9,11,15-16,18H,2,5,7,10,12-14H2,1H3/t18-/m0/s1. The molecule has 5 nitrogen and oxygen atoms in total. The number of anilines is 1. The fourth-order valence-electron chi connectivity index (χ4n) is 3.95. The van der Waals surface area contributed by atoms with Crippen LogP contribution in [0.3, 0.4) is 0 Å². The van der Waals surface area contributed by atoms with Gasteiger partial charge < -0.3 is 9.80 Å². The van der Waals surface area contributed by atoms with E-state index >= 15 is 0 Å². The van der Waals surface area contributed by atoms with Crippen LogP contribution in [-0.4, -0.2) is 47.5 Å². The van der Waals surface area contributed by atoms with Crippen LogP contribution in [-0.2, 0) is 11.2 Å². The van der Waals surface area contributed by atoms with Gasteiger partial charge in [-0.05, 0) is 49.4 Å². The van der Waals surface area contributed by atoms with Gasteiger partial charge in [0.25, 0.3) is 0 Å². The lowest BCUT2D eigenvalue weighted by Crippen LogP contribution is -2.35. The highest BCUT2D eigenvalue weighted by Gasteiger charge is 2.30. The Bertz CT molecular complexity index is 926. The summed E-state index contributed by atoms with van der Waals surface area (Å²) in [5.41, 5.74) is 5.45. The second kappa shape index (κ2) is 8.69. The predicted molar refractivity (Wildman–Crippen MR) is 115 cm³/mol. The Balaban J connectivity index is 1.25. The molecule has 146 valence electrons. The molecule has 4 rings (SSSR count). The van der Waals surface area contributed by atoms with Gasteiger partial charge >= 0.3 is 0 Å². The zero-order chi connectivity index (χ0) is 19.3. The Morgan fingerprint density at radius 1 is 1.29 bits per heavy atom. The second-order valence-corrected chi connectivity index (χ2v) is 8.31. The van der Waals surface area contributed by atoms with Crippen molar-refractivity contribution in [1.82, 2.24) is 14.9 Å². The highest BCUT2D eigenvalue weighted by Crippen LogP contribution is 2.27. The number of hydrogen-bond acceptors (Lipinski definition) is 5. The molecule has 0 N–H and O–H groups in total. The van der Waals surface area contributed by atoms with Crippen molar-refractivity contribution in [2.75, 3.05) is 31.6 Å². The Hall–Kier alpha value is -2.47. The number of amides is 1. The van der Waals surface area contributed by atoms with Gasteiger partial charge in [0.15, 0.2) is 0 Å².